The van der Waals surface area contributed by atoms with Gasteiger partial charge in [0.1, 0.15) is 5.69 Å². The van der Waals surface area contributed by atoms with E-state index in [4.69, 9.17) is 4.74 Å². The van der Waals surface area contributed by atoms with Crippen LogP contribution in [0.4, 0.5) is 0 Å². The van der Waals surface area contributed by atoms with Gasteiger partial charge in [0.2, 0.25) is 0 Å². The number of rotatable bonds is 4. The van der Waals surface area contributed by atoms with Crippen LogP contribution in [0.5, 0.6) is 0 Å². The predicted octanol–water partition coefficient (Wildman–Crippen LogP) is 0.442. The molecule has 0 radical (unpaired) electrons. The monoisotopic (exact) mass is 303 g/mol. The van der Waals surface area contributed by atoms with Crippen molar-refractivity contribution in [3.05, 3.63) is 29.7 Å². The predicted molar refractivity (Wildman–Crippen MR) is 81.9 cm³/mol. The van der Waals surface area contributed by atoms with Gasteiger partial charge in [0, 0.05) is 51.6 Å². The van der Waals surface area contributed by atoms with Gasteiger partial charge in [-0.15, -0.1) is 0 Å². The maximum atomic E-state index is 12.8. The van der Waals surface area contributed by atoms with Crippen LogP contribution in [0.1, 0.15) is 16.2 Å². The number of piperazine rings is 1. The van der Waals surface area contributed by atoms with Gasteiger partial charge in [0.05, 0.1) is 12.8 Å². The van der Waals surface area contributed by atoms with Crippen LogP contribution in [0.2, 0.25) is 0 Å². The van der Waals surface area contributed by atoms with Gasteiger partial charge in [-0.25, -0.2) is 9.50 Å². The van der Waals surface area contributed by atoms with E-state index in [1.54, 1.807) is 23.9 Å². The van der Waals surface area contributed by atoms with Crippen molar-refractivity contribution in [2.45, 2.75) is 6.92 Å². The average molecular weight is 303 g/mol. The summed E-state index contributed by atoms with van der Waals surface area (Å²) in [4.78, 5) is 21.4. The van der Waals surface area contributed by atoms with E-state index in [0.717, 1.165) is 45.0 Å². The molecular formula is C15H21N5O2. The Morgan fingerprint density at radius 1 is 1.32 bits per heavy atom. The molecule has 0 saturated carbocycles. The Morgan fingerprint density at radius 2 is 2.09 bits per heavy atom. The van der Waals surface area contributed by atoms with Crippen molar-refractivity contribution in [3.63, 3.8) is 0 Å². The number of carbonyl (C=O) groups is 1. The molecular weight excluding hydrogens is 282 g/mol. The number of hydrogen-bond donors (Lipinski definition) is 0. The van der Waals surface area contributed by atoms with Crippen molar-refractivity contribution in [1.82, 2.24) is 24.4 Å². The molecule has 0 atom stereocenters. The van der Waals surface area contributed by atoms with E-state index < -0.39 is 0 Å². The van der Waals surface area contributed by atoms with Crippen LogP contribution in [0.25, 0.3) is 5.65 Å². The van der Waals surface area contributed by atoms with Crippen LogP contribution in [-0.4, -0.2) is 76.7 Å². The molecule has 2 aromatic heterocycles. The molecule has 3 heterocycles. The maximum Gasteiger partial charge on any atom is 0.272 e. The molecule has 0 bridgehead atoms. The first-order chi connectivity index (χ1) is 10.7. The molecule has 2 aromatic rings. The molecule has 0 aliphatic carbocycles. The lowest BCUT2D eigenvalue weighted by atomic mass is 10.2. The van der Waals surface area contributed by atoms with Crippen molar-refractivity contribution in [2.24, 2.45) is 0 Å². The third-order valence-corrected chi connectivity index (χ3v) is 3.98. The van der Waals surface area contributed by atoms with E-state index in [2.05, 4.69) is 15.0 Å². The van der Waals surface area contributed by atoms with Gasteiger partial charge in [-0.3, -0.25) is 9.69 Å². The minimum atomic E-state index is 0.0191. The Bertz CT molecular complexity index is 661. The summed E-state index contributed by atoms with van der Waals surface area (Å²) in [5, 5.41) is 4.21. The third-order valence-electron chi connectivity index (χ3n) is 3.98. The first kappa shape index (κ1) is 14.9. The van der Waals surface area contributed by atoms with Crippen LogP contribution in [-0.2, 0) is 4.74 Å². The molecule has 7 nitrogen and oxygen atoms in total. The normalized spacial score (nSPS) is 16.4. The number of fused-ring (bicyclic) bond motifs is 1. The molecule has 118 valence electrons. The van der Waals surface area contributed by atoms with E-state index >= 15 is 0 Å². The molecule has 1 fully saturated rings. The number of ether oxygens (including phenoxy) is 1. The summed E-state index contributed by atoms with van der Waals surface area (Å²) in [5.41, 5.74) is 2.12. The summed E-state index contributed by atoms with van der Waals surface area (Å²) in [6, 6.07) is 3.62. The van der Waals surface area contributed by atoms with E-state index in [-0.39, 0.29) is 5.91 Å². The Kier molecular flexibility index (Phi) is 4.35. The average Bonchev–Trinajstić information content (AvgIpc) is 3.00. The molecule has 1 saturated heterocycles. The van der Waals surface area contributed by atoms with Crippen molar-refractivity contribution in [2.75, 3.05) is 46.4 Å². The molecule has 1 aliphatic rings. The van der Waals surface area contributed by atoms with Crippen molar-refractivity contribution < 1.29 is 9.53 Å². The molecule has 22 heavy (non-hydrogen) atoms. The van der Waals surface area contributed by atoms with Gasteiger partial charge in [-0.1, -0.05) is 0 Å². The fourth-order valence-corrected chi connectivity index (χ4v) is 2.75. The largest absolute Gasteiger partial charge is 0.383 e. The minimum absolute atomic E-state index is 0.0191. The van der Waals surface area contributed by atoms with Crippen molar-refractivity contribution in [1.29, 1.82) is 0 Å². The van der Waals surface area contributed by atoms with E-state index in [9.17, 15) is 4.79 Å². The quantitative estimate of drug-likeness (QED) is 0.820. The van der Waals surface area contributed by atoms with Crippen molar-refractivity contribution >= 4 is 11.6 Å². The second-order valence-electron chi connectivity index (χ2n) is 5.51. The van der Waals surface area contributed by atoms with Gasteiger partial charge in [0.25, 0.3) is 5.91 Å². The molecule has 0 aromatic carbocycles. The molecule has 0 N–H and O–H groups in total. The minimum Gasteiger partial charge on any atom is -0.383 e. The summed E-state index contributed by atoms with van der Waals surface area (Å²) in [7, 11) is 1.71. The fraction of sp³-hybridized carbons (Fsp3) is 0.533. The number of aryl methyl sites for hydroxylation is 1. The highest BCUT2D eigenvalue weighted by Gasteiger charge is 2.24. The Morgan fingerprint density at radius 3 is 2.82 bits per heavy atom. The summed E-state index contributed by atoms with van der Waals surface area (Å²) in [6.07, 6.45) is 1.67. The maximum absolute atomic E-state index is 12.8. The van der Waals surface area contributed by atoms with Crippen LogP contribution >= 0.6 is 0 Å². The highest BCUT2D eigenvalue weighted by atomic mass is 16.5. The Balaban J connectivity index is 1.73. The number of amides is 1. The number of methoxy groups -OCH3 is 1. The lowest BCUT2D eigenvalue weighted by molar-refractivity contribution is 0.0586. The van der Waals surface area contributed by atoms with Gasteiger partial charge < -0.3 is 9.64 Å². The third kappa shape index (κ3) is 2.95. The zero-order chi connectivity index (χ0) is 15.5. The number of carbonyl (C=O) groups excluding carboxylic acids is 1. The van der Waals surface area contributed by atoms with E-state index in [1.807, 2.05) is 17.9 Å². The summed E-state index contributed by atoms with van der Waals surface area (Å²) in [6.45, 7) is 6.75. The summed E-state index contributed by atoms with van der Waals surface area (Å²) in [5.74, 6) is 0.0191. The zero-order valence-electron chi connectivity index (χ0n) is 13.0. The van der Waals surface area contributed by atoms with Crippen LogP contribution in [0.15, 0.2) is 18.3 Å². The smallest absolute Gasteiger partial charge is 0.272 e. The number of nitrogens with zero attached hydrogens (tertiary/aromatic N) is 5. The van der Waals surface area contributed by atoms with Gasteiger partial charge >= 0.3 is 0 Å². The molecule has 0 unspecified atom stereocenters. The Hall–Kier alpha value is -1.99. The second-order valence-corrected chi connectivity index (χ2v) is 5.51. The Labute approximate surface area is 129 Å². The first-order valence-electron chi connectivity index (χ1n) is 7.51. The highest BCUT2D eigenvalue weighted by molar-refractivity contribution is 5.93. The van der Waals surface area contributed by atoms with E-state index in [0.29, 0.717) is 11.3 Å². The second kappa shape index (κ2) is 6.41. The van der Waals surface area contributed by atoms with Gasteiger partial charge in [-0.05, 0) is 13.0 Å². The zero-order valence-corrected chi connectivity index (χ0v) is 13.0. The van der Waals surface area contributed by atoms with Crippen molar-refractivity contribution in [3.8, 4) is 0 Å². The summed E-state index contributed by atoms with van der Waals surface area (Å²) >= 11 is 0. The van der Waals surface area contributed by atoms with Crippen LogP contribution < -0.4 is 0 Å². The molecule has 3 rings (SSSR count). The lowest BCUT2D eigenvalue weighted by Crippen LogP contribution is -2.49. The standard InChI is InChI=1S/C15H21N5O2/c1-12-11-13(20-14(17-12)3-4-16-20)15(21)19-7-5-18(6-8-19)9-10-22-2/h3-4,11H,5-10H2,1-2H3. The van der Waals surface area contributed by atoms with Crippen LogP contribution in [0.3, 0.4) is 0 Å². The first-order valence-corrected chi connectivity index (χ1v) is 7.51. The van der Waals surface area contributed by atoms with Crippen LogP contribution in [0, 0.1) is 6.92 Å². The van der Waals surface area contributed by atoms with Gasteiger partial charge in [-0.2, -0.15) is 5.10 Å². The molecule has 1 aliphatic heterocycles. The molecule has 1 amide bonds. The topological polar surface area (TPSA) is 63.0 Å². The number of hydrogen-bond acceptors (Lipinski definition) is 5. The lowest BCUT2D eigenvalue weighted by Gasteiger charge is -2.34. The molecule has 7 heteroatoms. The van der Waals surface area contributed by atoms with Gasteiger partial charge in [0.15, 0.2) is 5.65 Å². The highest BCUT2D eigenvalue weighted by Crippen LogP contribution is 2.12. The molecule has 0 spiro atoms. The summed E-state index contributed by atoms with van der Waals surface area (Å²) < 4.78 is 6.72. The number of aromatic nitrogens is 3. The fourth-order valence-electron chi connectivity index (χ4n) is 2.75. The van der Waals surface area contributed by atoms with E-state index in [1.165, 1.54) is 0 Å². The SMILES string of the molecule is COCCN1CCN(C(=O)c2cc(C)nc3ccnn23)CC1.